The molecule has 2 aromatic heterocycles. The zero-order valence-electron chi connectivity index (χ0n) is 15.9. The fraction of sp³-hybridized carbons (Fsp3) is 0.300. The van der Waals surface area contributed by atoms with Gasteiger partial charge in [-0.2, -0.15) is 0 Å². The number of anilines is 1. The molecule has 0 saturated carbocycles. The zero-order valence-corrected chi connectivity index (χ0v) is 16.7. The van der Waals surface area contributed by atoms with Gasteiger partial charge in [-0.3, -0.25) is 14.2 Å². The van der Waals surface area contributed by atoms with Crippen molar-refractivity contribution >= 4 is 39.1 Å². The van der Waals surface area contributed by atoms with Crippen molar-refractivity contribution in [3.63, 3.8) is 0 Å². The second-order valence-electron chi connectivity index (χ2n) is 6.65. The van der Waals surface area contributed by atoms with Crippen molar-refractivity contribution in [3.05, 3.63) is 56.4 Å². The molecule has 0 radical (unpaired) electrons. The predicted octanol–water partition coefficient (Wildman–Crippen LogP) is 3.36. The smallest absolute Gasteiger partial charge is 0.337 e. The van der Waals surface area contributed by atoms with Gasteiger partial charge in [-0.25, -0.2) is 9.78 Å². The summed E-state index contributed by atoms with van der Waals surface area (Å²) < 4.78 is 1.28. The third-order valence-corrected chi connectivity index (χ3v) is 5.44. The lowest BCUT2D eigenvalue weighted by Gasteiger charge is -2.13. The summed E-state index contributed by atoms with van der Waals surface area (Å²) in [6.45, 7) is 5.67. The summed E-state index contributed by atoms with van der Waals surface area (Å²) in [5.74, 6) is -1.07. The molecule has 8 heteroatoms. The van der Waals surface area contributed by atoms with Gasteiger partial charge in [-0.1, -0.05) is 13.0 Å². The number of hydrogen-bond acceptors (Lipinski definition) is 5. The highest BCUT2D eigenvalue weighted by molar-refractivity contribution is 7.17. The van der Waals surface area contributed by atoms with Crippen LogP contribution in [0.15, 0.2) is 28.4 Å². The molecule has 0 saturated heterocycles. The summed E-state index contributed by atoms with van der Waals surface area (Å²) in [5, 5.41) is 13.6. The first kappa shape index (κ1) is 19.8. The minimum atomic E-state index is -1.18. The maximum atomic E-state index is 13.0. The number of carbonyl (C=O) groups excluding carboxylic acids is 1. The van der Waals surface area contributed by atoms with Crippen molar-refractivity contribution in [2.45, 2.75) is 40.2 Å². The minimum absolute atomic E-state index is 0.0522. The van der Waals surface area contributed by atoms with Gasteiger partial charge in [0.1, 0.15) is 17.2 Å². The number of carbonyl (C=O) groups is 2. The summed E-state index contributed by atoms with van der Waals surface area (Å²) in [6, 6.07) is 5.59. The van der Waals surface area contributed by atoms with Crippen molar-refractivity contribution in [3.8, 4) is 0 Å². The molecule has 0 bridgehead atoms. The van der Waals surface area contributed by atoms with Gasteiger partial charge in [-0.05, 0) is 43.5 Å². The third-order valence-electron chi connectivity index (χ3n) is 4.57. The van der Waals surface area contributed by atoms with Crippen LogP contribution in [-0.2, 0) is 17.8 Å². The van der Waals surface area contributed by atoms with E-state index in [1.165, 1.54) is 9.95 Å². The van der Waals surface area contributed by atoms with Crippen molar-refractivity contribution in [2.75, 3.05) is 5.32 Å². The van der Waals surface area contributed by atoms with Crippen LogP contribution in [-0.4, -0.2) is 26.5 Å². The highest BCUT2D eigenvalue weighted by Gasteiger charge is 2.20. The van der Waals surface area contributed by atoms with Crippen LogP contribution in [0.4, 0.5) is 5.69 Å². The maximum Gasteiger partial charge on any atom is 0.337 e. The summed E-state index contributed by atoms with van der Waals surface area (Å²) >= 11 is 1.12. The Bertz CT molecular complexity index is 1130. The molecule has 0 aliphatic heterocycles. The lowest BCUT2D eigenvalue weighted by atomic mass is 10.1. The first-order valence-corrected chi connectivity index (χ1v) is 9.81. The van der Waals surface area contributed by atoms with Crippen LogP contribution in [0.25, 0.3) is 10.2 Å². The molecular weight excluding hydrogens is 378 g/mol. The van der Waals surface area contributed by atoms with Crippen molar-refractivity contribution < 1.29 is 14.7 Å². The highest BCUT2D eigenvalue weighted by Crippen LogP contribution is 2.22. The van der Waals surface area contributed by atoms with Gasteiger partial charge >= 0.3 is 5.97 Å². The first-order chi connectivity index (χ1) is 13.3. The molecule has 0 unspecified atom stereocenters. The number of aromatic carboxylic acids is 1. The Labute approximate surface area is 165 Å². The fourth-order valence-electron chi connectivity index (χ4n) is 2.96. The van der Waals surface area contributed by atoms with Gasteiger partial charge in [0.15, 0.2) is 0 Å². The average molecular weight is 399 g/mol. The Balaban J connectivity index is 1.99. The monoisotopic (exact) mass is 399 g/mol. The molecule has 0 aliphatic carbocycles. The van der Waals surface area contributed by atoms with Crippen LogP contribution in [0.2, 0.25) is 0 Å². The van der Waals surface area contributed by atoms with Crippen LogP contribution >= 0.6 is 11.3 Å². The van der Waals surface area contributed by atoms with Crippen molar-refractivity contribution in [1.82, 2.24) is 9.55 Å². The number of rotatable bonds is 6. The number of hydrogen-bond donors (Lipinski definition) is 2. The molecule has 0 aliphatic rings. The van der Waals surface area contributed by atoms with Gasteiger partial charge in [-0.15, -0.1) is 11.3 Å². The van der Waals surface area contributed by atoms with Crippen LogP contribution in [0.3, 0.4) is 0 Å². The van der Waals surface area contributed by atoms with Gasteiger partial charge in [0.2, 0.25) is 5.91 Å². The van der Waals surface area contributed by atoms with E-state index in [0.29, 0.717) is 22.8 Å². The van der Waals surface area contributed by atoms with E-state index in [-0.39, 0.29) is 23.4 Å². The molecule has 1 aromatic carbocycles. The topological polar surface area (TPSA) is 101 Å². The van der Waals surface area contributed by atoms with E-state index >= 15 is 0 Å². The number of aromatic nitrogens is 2. The average Bonchev–Trinajstić information content (AvgIpc) is 3.06. The largest absolute Gasteiger partial charge is 0.478 e. The summed E-state index contributed by atoms with van der Waals surface area (Å²) in [6.07, 6.45) is 1.26. The predicted molar refractivity (Wildman–Crippen MR) is 109 cm³/mol. The molecule has 3 rings (SSSR count). The number of thiophene rings is 1. The second-order valence-corrected chi connectivity index (χ2v) is 7.51. The Kier molecular flexibility index (Phi) is 5.60. The molecule has 2 heterocycles. The van der Waals surface area contributed by atoms with E-state index in [2.05, 4.69) is 10.3 Å². The molecule has 146 valence electrons. The van der Waals surface area contributed by atoms with Gasteiger partial charge in [0, 0.05) is 17.5 Å². The lowest BCUT2D eigenvalue weighted by Crippen LogP contribution is -2.31. The molecule has 28 heavy (non-hydrogen) atoms. The lowest BCUT2D eigenvalue weighted by molar-refractivity contribution is -0.116. The summed E-state index contributed by atoms with van der Waals surface area (Å²) in [5.41, 5.74) is 2.24. The molecule has 7 nitrogen and oxygen atoms in total. The molecule has 0 spiro atoms. The third kappa shape index (κ3) is 3.82. The standard InChI is InChI=1S/C20H21N3O4S/c1-4-5-15-22-18-17(14(10-28-18)20(26)27)19(25)23(15)9-16(24)21-13-7-6-11(2)12(3)8-13/h6-8,10H,4-5,9H2,1-3H3,(H,21,24)(H,26,27). The van der Waals surface area contributed by atoms with Crippen molar-refractivity contribution in [2.24, 2.45) is 0 Å². The van der Waals surface area contributed by atoms with Gasteiger partial charge < -0.3 is 10.4 Å². The van der Waals surface area contributed by atoms with Crippen LogP contribution < -0.4 is 10.9 Å². The number of nitrogens with zero attached hydrogens (tertiary/aromatic N) is 2. The number of carboxylic acid groups (broad SMARTS) is 1. The zero-order chi connectivity index (χ0) is 20.4. The van der Waals surface area contributed by atoms with E-state index in [4.69, 9.17) is 0 Å². The van der Waals surface area contributed by atoms with E-state index in [1.54, 1.807) is 6.07 Å². The molecular formula is C20H21N3O4S. The number of benzene rings is 1. The maximum absolute atomic E-state index is 13.0. The number of carboxylic acids is 1. The van der Waals surface area contributed by atoms with E-state index < -0.39 is 11.5 Å². The SMILES string of the molecule is CCCc1nc2scc(C(=O)O)c2c(=O)n1CC(=O)Nc1ccc(C)c(C)c1. The highest BCUT2D eigenvalue weighted by atomic mass is 32.1. The van der Waals surface area contributed by atoms with Crippen molar-refractivity contribution in [1.29, 1.82) is 0 Å². The summed E-state index contributed by atoms with van der Waals surface area (Å²) in [4.78, 5) is 41.8. The Morgan fingerprint density at radius 1 is 1.25 bits per heavy atom. The molecule has 0 fully saturated rings. The Morgan fingerprint density at radius 2 is 2.00 bits per heavy atom. The molecule has 2 N–H and O–H groups in total. The van der Waals surface area contributed by atoms with Crippen LogP contribution in [0, 0.1) is 13.8 Å². The molecule has 1 amide bonds. The molecule has 0 atom stereocenters. The number of amides is 1. The normalized spacial score (nSPS) is 11.0. The van der Waals surface area contributed by atoms with E-state index in [1.807, 2.05) is 32.9 Å². The minimum Gasteiger partial charge on any atom is -0.478 e. The Hall–Kier alpha value is -3.00. The van der Waals surface area contributed by atoms with Crippen LogP contribution in [0.1, 0.15) is 40.7 Å². The molecule has 3 aromatic rings. The van der Waals surface area contributed by atoms with Crippen LogP contribution in [0.5, 0.6) is 0 Å². The second kappa shape index (κ2) is 7.93. The quantitative estimate of drug-likeness (QED) is 0.662. The number of aryl methyl sites for hydroxylation is 3. The Morgan fingerprint density at radius 3 is 2.64 bits per heavy atom. The summed E-state index contributed by atoms with van der Waals surface area (Å²) in [7, 11) is 0. The van der Waals surface area contributed by atoms with E-state index in [0.717, 1.165) is 28.9 Å². The van der Waals surface area contributed by atoms with Gasteiger partial charge in [0.05, 0.1) is 10.9 Å². The number of nitrogens with one attached hydrogen (secondary N) is 1. The fourth-order valence-corrected chi connectivity index (χ4v) is 3.89. The van der Waals surface area contributed by atoms with E-state index in [9.17, 15) is 19.5 Å². The number of fused-ring (bicyclic) bond motifs is 1. The van der Waals surface area contributed by atoms with Gasteiger partial charge in [0.25, 0.3) is 5.56 Å². The first-order valence-electron chi connectivity index (χ1n) is 8.93.